The zero-order valence-electron chi connectivity index (χ0n) is 15.6. The number of hydrogen-bond donors (Lipinski definition) is 2. The number of methoxy groups -OCH3 is 2. The summed E-state index contributed by atoms with van der Waals surface area (Å²) in [5.74, 6) is 0.907. The van der Waals surface area contributed by atoms with E-state index >= 15 is 0 Å². The molecule has 0 heterocycles. The number of thiocarbonyl (C=S) groups is 1. The molecular weight excluding hydrogens is 372 g/mol. The minimum atomic E-state index is -0.327. The molecule has 0 aliphatic rings. The van der Waals surface area contributed by atoms with Gasteiger partial charge in [0.15, 0.2) is 5.11 Å². The Morgan fingerprint density at radius 2 is 1.79 bits per heavy atom. The molecule has 2 N–H and O–H groups in total. The summed E-state index contributed by atoms with van der Waals surface area (Å²) in [6, 6.07) is 19.2. The van der Waals surface area contributed by atoms with Crippen LogP contribution in [0.2, 0.25) is 0 Å². The largest absolute Gasteiger partial charge is 0.497 e. The molecule has 0 radical (unpaired) electrons. The fourth-order valence-corrected chi connectivity index (χ4v) is 2.99. The molecule has 0 fully saturated rings. The van der Waals surface area contributed by atoms with Crippen molar-refractivity contribution in [3.8, 4) is 11.5 Å². The summed E-state index contributed by atoms with van der Waals surface area (Å²) in [5, 5.41) is 7.95. The number of anilines is 1. The Morgan fingerprint density at radius 1 is 1.00 bits per heavy atom. The van der Waals surface area contributed by atoms with Crippen LogP contribution in [-0.4, -0.2) is 25.2 Å². The average Bonchev–Trinajstić information content (AvgIpc) is 2.72. The Balaban J connectivity index is 1.68. The fraction of sp³-hybridized carbons (Fsp3) is 0.0909. The quantitative estimate of drug-likeness (QED) is 0.498. The van der Waals surface area contributed by atoms with Gasteiger partial charge < -0.3 is 14.8 Å². The second-order valence-electron chi connectivity index (χ2n) is 5.91. The van der Waals surface area contributed by atoms with Crippen LogP contribution in [-0.2, 0) is 4.79 Å². The number of benzene rings is 3. The Hall–Kier alpha value is -3.38. The second-order valence-corrected chi connectivity index (χ2v) is 6.32. The highest BCUT2D eigenvalue weighted by molar-refractivity contribution is 7.80. The van der Waals surface area contributed by atoms with E-state index in [1.807, 2.05) is 42.5 Å². The SMILES string of the molecule is COc1ccc(OC)c(NC(=S)NC(=O)/C=C/c2cccc3ccccc23)c1. The minimum Gasteiger partial charge on any atom is -0.497 e. The van der Waals surface area contributed by atoms with E-state index < -0.39 is 0 Å². The van der Waals surface area contributed by atoms with E-state index in [-0.39, 0.29) is 11.0 Å². The van der Waals surface area contributed by atoms with Gasteiger partial charge >= 0.3 is 0 Å². The van der Waals surface area contributed by atoms with E-state index in [0.29, 0.717) is 17.2 Å². The molecule has 6 heteroatoms. The van der Waals surface area contributed by atoms with Crippen LogP contribution in [0.15, 0.2) is 66.7 Å². The molecule has 1 amide bonds. The zero-order chi connectivity index (χ0) is 19.9. The number of fused-ring (bicyclic) bond motifs is 1. The summed E-state index contributed by atoms with van der Waals surface area (Å²) in [4.78, 5) is 12.2. The Kier molecular flexibility index (Phi) is 6.24. The monoisotopic (exact) mass is 392 g/mol. The van der Waals surface area contributed by atoms with Crippen LogP contribution in [0.5, 0.6) is 11.5 Å². The van der Waals surface area contributed by atoms with Gasteiger partial charge in [-0.1, -0.05) is 42.5 Å². The van der Waals surface area contributed by atoms with Crippen LogP contribution in [0.1, 0.15) is 5.56 Å². The molecule has 28 heavy (non-hydrogen) atoms. The Bertz CT molecular complexity index is 1040. The van der Waals surface area contributed by atoms with Gasteiger partial charge in [0.2, 0.25) is 5.91 Å². The first-order chi connectivity index (χ1) is 13.6. The lowest BCUT2D eigenvalue weighted by Gasteiger charge is -2.13. The van der Waals surface area contributed by atoms with Crippen molar-refractivity contribution in [2.24, 2.45) is 0 Å². The van der Waals surface area contributed by atoms with Crippen molar-refractivity contribution < 1.29 is 14.3 Å². The predicted molar refractivity (Wildman–Crippen MR) is 117 cm³/mol. The molecule has 0 aliphatic carbocycles. The number of hydrogen-bond acceptors (Lipinski definition) is 4. The molecule has 3 aromatic rings. The Labute approximate surface area is 169 Å². The smallest absolute Gasteiger partial charge is 0.250 e. The molecule has 142 valence electrons. The van der Waals surface area contributed by atoms with Gasteiger partial charge in [0.05, 0.1) is 19.9 Å². The minimum absolute atomic E-state index is 0.166. The van der Waals surface area contributed by atoms with Gasteiger partial charge in [-0.2, -0.15) is 0 Å². The third-order valence-electron chi connectivity index (χ3n) is 4.13. The van der Waals surface area contributed by atoms with E-state index in [1.165, 1.54) is 6.08 Å². The van der Waals surface area contributed by atoms with Gasteiger partial charge in [0, 0.05) is 12.1 Å². The maximum atomic E-state index is 12.2. The molecule has 0 saturated heterocycles. The molecule has 0 bridgehead atoms. The molecule has 3 rings (SSSR count). The van der Waals surface area contributed by atoms with E-state index in [2.05, 4.69) is 10.6 Å². The highest BCUT2D eigenvalue weighted by atomic mass is 32.1. The van der Waals surface area contributed by atoms with Crippen molar-refractivity contribution in [2.75, 3.05) is 19.5 Å². The number of ether oxygens (including phenoxy) is 2. The van der Waals surface area contributed by atoms with Crippen LogP contribution >= 0.6 is 12.2 Å². The van der Waals surface area contributed by atoms with E-state index in [1.54, 1.807) is 38.5 Å². The number of carbonyl (C=O) groups is 1. The summed E-state index contributed by atoms with van der Waals surface area (Å²) in [6.45, 7) is 0. The van der Waals surface area contributed by atoms with Gasteiger partial charge in [-0.3, -0.25) is 10.1 Å². The van der Waals surface area contributed by atoms with Crippen molar-refractivity contribution in [3.63, 3.8) is 0 Å². The average molecular weight is 392 g/mol. The van der Waals surface area contributed by atoms with Crippen molar-refractivity contribution in [3.05, 3.63) is 72.3 Å². The summed E-state index contributed by atoms with van der Waals surface area (Å²) in [7, 11) is 3.13. The van der Waals surface area contributed by atoms with Crippen LogP contribution < -0.4 is 20.1 Å². The third kappa shape index (κ3) is 4.66. The molecule has 0 spiro atoms. The summed E-state index contributed by atoms with van der Waals surface area (Å²) in [5.41, 5.74) is 1.56. The first-order valence-electron chi connectivity index (χ1n) is 8.60. The first-order valence-corrected chi connectivity index (χ1v) is 9.01. The van der Waals surface area contributed by atoms with Gasteiger partial charge in [0.1, 0.15) is 11.5 Å². The van der Waals surface area contributed by atoms with Crippen LogP contribution in [0.3, 0.4) is 0 Å². The van der Waals surface area contributed by atoms with Crippen molar-refractivity contribution in [1.29, 1.82) is 0 Å². The number of nitrogens with one attached hydrogen (secondary N) is 2. The van der Waals surface area contributed by atoms with Gasteiger partial charge in [-0.15, -0.1) is 0 Å². The summed E-state index contributed by atoms with van der Waals surface area (Å²) < 4.78 is 10.5. The molecule has 0 atom stereocenters. The highest BCUT2D eigenvalue weighted by Crippen LogP contribution is 2.28. The topological polar surface area (TPSA) is 59.6 Å². The molecule has 0 aromatic heterocycles. The van der Waals surface area contributed by atoms with Crippen LogP contribution in [0.25, 0.3) is 16.8 Å². The lowest BCUT2D eigenvalue weighted by molar-refractivity contribution is -0.115. The number of amides is 1. The fourth-order valence-electron chi connectivity index (χ4n) is 2.78. The summed E-state index contributed by atoms with van der Waals surface area (Å²) in [6.07, 6.45) is 3.23. The van der Waals surface area contributed by atoms with Gasteiger partial charge in [-0.25, -0.2) is 0 Å². The van der Waals surface area contributed by atoms with E-state index in [4.69, 9.17) is 21.7 Å². The lowest BCUT2D eigenvalue weighted by atomic mass is 10.0. The summed E-state index contributed by atoms with van der Waals surface area (Å²) >= 11 is 5.23. The predicted octanol–water partition coefficient (Wildman–Crippen LogP) is 4.38. The van der Waals surface area contributed by atoms with Gasteiger partial charge in [0.25, 0.3) is 0 Å². The van der Waals surface area contributed by atoms with Crippen LogP contribution in [0, 0.1) is 0 Å². The molecule has 3 aromatic carbocycles. The maximum Gasteiger partial charge on any atom is 0.250 e. The Morgan fingerprint density at radius 3 is 2.57 bits per heavy atom. The first kappa shape index (κ1) is 19.4. The van der Waals surface area contributed by atoms with Gasteiger partial charge in [-0.05, 0) is 46.8 Å². The molecule has 0 aliphatic heterocycles. The van der Waals surface area contributed by atoms with E-state index in [0.717, 1.165) is 16.3 Å². The number of carbonyl (C=O) groups excluding carboxylic acids is 1. The van der Waals surface area contributed by atoms with Crippen molar-refractivity contribution in [2.45, 2.75) is 0 Å². The normalized spacial score (nSPS) is 10.6. The second kappa shape index (κ2) is 9.01. The zero-order valence-corrected chi connectivity index (χ0v) is 16.4. The third-order valence-corrected chi connectivity index (χ3v) is 4.33. The number of rotatable bonds is 5. The van der Waals surface area contributed by atoms with Crippen LogP contribution in [0.4, 0.5) is 5.69 Å². The standard InChI is InChI=1S/C22H20N2O3S/c1-26-17-11-12-20(27-2)19(14-17)23-22(28)24-21(25)13-10-16-8-5-7-15-6-3-4-9-18(15)16/h3-14H,1-2H3,(H2,23,24,25,28)/b13-10+. The van der Waals surface area contributed by atoms with Crippen molar-refractivity contribution >= 4 is 45.8 Å². The van der Waals surface area contributed by atoms with E-state index in [9.17, 15) is 4.79 Å². The molecule has 0 saturated carbocycles. The lowest BCUT2D eigenvalue weighted by Crippen LogP contribution is -2.32. The van der Waals surface area contributed by atoms with Crippen molar-refractivity contribution in [1.82, 2.24) is 5.32 Å². The highest BCUT2D eigenvalue weighted by Gasteiger charge is 2.08. The maximum absolute atomic E-state index is 12.2. The molecular formula is C22H20N2O3S. The molecule has 0 unspecified atom stereocenters. The molecule has 5 nitrogen and oxygen atoms in total.